The van der Waals surface area contributed by atoms with Crippen LogP contribution in [0.4, 0.5) is 4.39 Å². The van der Waals surface area contributed by atoms with Crippen LogP contribution in [0.5, 0.6) is 0 Å². The van der Waals surface area contributed by atoms with Gasteiger partial charge in [-0.25, -0.2) is 4.39 Å². The number of nitrogens with zero attached hydrogens (tertiary/aromatic N) is 1. The largest absolute Gasteiger partial charge is 0.296 e. The fraction of sp³-hybridized carbons (Fsp3) is 0.455. The summed E-state index contributed by atoms with van der Waals surface area (Å²) in [5.74, 6) is 0. The molecule has 0 saturated carbocycles. The van der Waals surface area contributed by atoms with Crippen molar-refractivity contribution in [1.29, 1.82) is 0 Å². The number of hydrogen-bond donors (Lipinski definition) is 0. The zero-order valence-corrected chi connectivity index (χ0v) is 15.3. The Morgan fingerprint density at radius 1 is 1.17 bits per heavy atom. The standard InChI is InChI=1S/C22H28FN/c1-16-13-20(22(3,4)23)10-11-21(16)19-9-5-8-18(14-19)15-24-12-6-7-17(24)2/h5,8-11,13-14,17H,6-7,12,15H2,1-4H3. The van der Waals surface area contributed by atoms with Crippen molar-refractivity contribution < 1.29 is 4.39 Å². The Kier molecular flexibility index (Phi) is 4.78. The molecule has 1 nitrogen and oxygen atoms in total. The molecule has 1 aliphatic heterocycles. The molecule has 0 aromatic heterocycles. The van der Waals surface area contributed by atoms with E-state index < -0.39 is 5.67 Å². The van der Waals surface area contributed by atoms with Crippen molar-refractivity contribution in [1.82, 2.24) is 4.90 Å². The van der Waals surface area contributed by atoms with Crippen LogP contribution in [0.15, 0.2) is 42.5 Å². The van der Waals surface area contributed by atoms with Gasteiger partial charge in [0.05, 0.1) is 0 Å². The quantitative estimate of drug-likeness (QED) is 0.681. The summed E-state index contributed by atoms with van der Waals surface area (Å²) in [7, 11) is 0. The van der Waals surface area contributed by atoms with Crippen LogP contribution in [0.3, 0.4) is 0 Å². The van der Waals surface area contributed by atoms with Gasteiger partial charge in [0, 0.05) is 12.6 Å². The fourth-order valence-corrected chi connectivity index (χ4v) is 3.66. The van der Waals surface area contributed by atoms with Crippen LogP contribution in [0, 0.1) is 6.92 Å². The van der Waals surface area contributed by atoms with E-state index in [0.717, 1.165) is 17.7 Å². The van der Waals surface area contributed by atoms with Crippen LogP contribution in [-0.4, -0.2) is 17.5 Å². The van der Waals surface area contributed by atoms with Gasteiger partial charge < -0.3 is 0 Å². The van der Waals surface area contributed by atoms with E-state index in [9.17, 15) is 4.39 Å². The molecule has 128 valence electrons. The average molecular weight is 325 g/mol. The second kappa shape index (κ2) is 6.68. The number of benzene rings is 2. The van der Waals surface area contributed by atoms with E-state index in [1.807, 2.05) is 12.1 Å². The molecule has 0 radical (unpaired) electrons. The van der Waals surface area contributed by atoms with E-state index in [0.29, 0.717) is 6.04 Å². The van der Waals surface area contributed by atoms with E-state index in [1.54, 1.807) is 13.8 Å². The summed E-state index contributed by atoms with van der Waals surface area (Å²) in [6.45, 7) is 9.82. The van der Waals surface area contributed by atoms with E-state index in [2.05, 4.69) is 49.1 Å². The minimum atomic E-state index is -1.29. The highest BCUT2D eigenvalue weighted by Gasteiger charge is 2.21. The predicted octanol–water partition coefficient (Wildman–Crippen LogP) is 5.85. The predicted molar refractivity (Wildman–Crippen MR) is 99.9 cm³/mol. The maximum atomic E-state index is 14.2. The van der Waals surface area contributed by atoms with Crippen LogP contribution in [0.25, 0.3) is 11.1 Å². The minimum absolute atomic E-state index is 0.682. The Hall–Kier alpha value is -1.67. The lowest BCUT2D eigenvalue weighted by atomic mass is 9.92. The van der Waals surface area contributed by atoms with Crippen molar-refractivity contribution >= 4 is 0 Å². The first-order valence-corrected chi connectivity index (χ1v) is 8.98. The van der Waals surface area contributed by atoms with Gasteiger partial charge in [-0.1, -0.05) is 36.4 Å². The Morgan fingerprint density at radius 3 is 2.58 bits per heavy atom. The number of alkyl halides is 1. The first-order chi connectivity index (χ1) is 11.3. The molecule has 3 rings (SSSR count). The molecule has 1 fully saturated rings. The van der Waals surface area contributed by atoms with Gasteiger partial charge in [-0.2, -0.15) is 0 Å². The Bertz CT molecular complexity index is 714. The highest BCUT2D eigenvalue weighted by Crippen LogP contribution is 2.31. The smallest absolute Gasteiger partial charge is 0.130 e. The maximum absolute atomic E-state index is 14.2. The molecule has 0 amide bonds. The molecule has 0 N–H and O–H groups in total. The molecule has 1 saturated heterocycles. The van der Waals surface area contributed by atoms with Crippen molar-refractivity contribution in [2.45, 2.75) is 58.8 Å². The van der Waals surface area contributed by atoms with E-state index in [1.165, 1.54) is 36.1 Å². The first-order valence-electron chi connectivity index (χ1n) is 8.98. The topological polar surface area (TPSA) is 3.24 Å². The van der Waals surface area contributed by atoms with Gasteiger partial charge in [-0.15, -0.1) is 0 Å². The molecule has 2 aromatic rings. The summed E-state index contributed by atoms with van der Waals surface area (Å²) >= 11 is 0. The van der Waals surface area contributed by atoms with Crippen molar-refractivity contribution in [2.75, 3.05) is 6.54 Å². The van der Waals surface area contributed by atoms with Gasteiger partial charge in [0.15, 0.2) is 0 Å². The highest BCUT2D eigenvalue weighted by molar-refractivity contribution is 5.68. The van der Waals surface area contributed by atoms with E-state index >= 15 is 0 Å². The van der Waals surface area contributed by atoms with Crippen LogP contribution in [0.1, 0.15) is 50.3 Å². The molecule has 0 bridgehead atoms. The van der Waals surface area contributed by atoms with Gasteiger partial charge in [0.2, 0.25) is 0 Å². The Morgan fingerprint density at radius 2 is 1.96 bits per heavy atom. The summed E-state index contributed by atoms with van der Waals surface area (Å²) < 4.78 is 14.2. The summed E-state index contributed by atoms with van der Waals surface area (Å²) in [4.78, 5) is 2.56. The second-order valence-corrected chi connectivity index (χ2v) is 7.66. The summed E-state index contributed by atoms with van der Waals surface area (Å²) in [5, 5.41) is 0. The molecule has 1 aliphatic rings. The monoisotopic (exact) mass is 325 g/mol. The Balaban J connectivity index is 1.86. The van der Waals surface area contributed by atoms with E-state index in [-0.39, 0.29) is 0 Å². The molecular formula is C22H28FN. The molecule has 1 atom stereocenters. The SMILES string of the molecule is Cc1cc(C(C)(C)F)ccc1-c1cccc(CN2CCCC2C)c1. The average Bonchev–Trinajstić information content (AvgIpc) is 2.92. The number of halogens is 1. The van der Waals surface area contributed by atoms with E-state index in [4.69, 9.17) is 0 Å². The lowest BCUT2D eigenvalue weighted by molar-refractivity contribution is 0.221. The molecular weight excluding hydrogens is 297 g/mol. The van der Waals surface area contributed by atoms with Crippen molar-refractivity contribution in [3.05, 3.63) is 59.2 Å². The molecule has 0 aliphatic carbocycles. The van der Waals surface area contributed by atoms with Gasteiger partial charge in [0.25, 0.3) is 0 Å². The maximum Gasteiger partial charge on any atom is 0.130 e. The Labute approximate surface area is 145 Å². The number of likely N-dealkylation sites (tertiary alicyclic amines) is 1. The third-order valence-corrected chi connectivity index (χ3v) is 5.23. The van der Waals surface area contributed by atoms with Crippen molar-refractivity contribution in [2.24, 2.45) is 0 Å². The summed E-state index contributed by atoms with van der Waals surface area (Å²) in [6.07, 6.45) is 2.61. The molecule has 1 heterocycles. The van der Waals surface area contributed by atoms with Crippen LogP contribution < -0.4 is 0 Å². The van der Waals surface area contributed by atoms with Crippen LogP contribution in [-0.2, 0) is 12.2 Å². The number of rotatable bonds is 4. The fourth-order valence-electron chi connectivity index (χ4n) is 3.66. The van der Waals surface area contributed by atoms with Gasteiger partial charge in [-0.05, 0) is 81.0 Å². The van der Waals surface area contributed by atoms with Gasteiger partial charge in [-0.3, -0.25) is 4.90 Å². The lowest BCUT2D eigenvalue weighted by Crippen LogP contribution is -2.26. The first kappa shape index (κ1) is 17.2. The third kappa shape index (κ3) is 3.70. The van der Waals surface area contributed by atoms with Crippen LogP contribution >= 0.6 is 0 Å². The normalized spacial score (nSPS) is 19.0. The molecule has 1 unspecified atom stereocenters. The van der Waals surface area contributed by atoms with Gasteiger partial charge >= 0.3 is 0 Å². The highest BCUT2D eigenvalue weighted by atomic mass is 19.1. The number of hydrogen-bond acceptors (Lipinski definition) is 1. The zero-order valence-electron chi connectivity index (χ0n) is 15.3. The van der Waals surface area contributed by atoms with Crippen LogP contribution in [0.2, 0.25) is 0 Å². The lowest BCUT2D eigenvalue weighted by Gasteiger charge is -2.21. The van der Waals surface area contributed by atoms with Gasteiger partial charge in [0.1, 0.15) is 5.67 Å². The molecule has 24 heavy (non-hydrogen) atoms. The molecule has 2 aromatic carbocycles. The summed E-state index contributed by atoms with van der Waals surface area (Å²) in [5.41, 5.74) is 4.35. The zero-order chi connectivity index (χ0) is 17.3. The summed E-state index contributed by atoms with van der Waals surface area (Å²) in [6, 6.07) is 15.4. The van der Waals surface area contributed by atoms with Crippen molar-refractivity contribution in [3.8, 4) is 11.1 Å². The third-order valence-electron chi connectivity index (χ3n) is 5.23. The minimum Gasteiger partial charge on any atom is -0.296 e. The molecule has 0 spiro atoms. The molecule has 2 heteroatoms. The second-order valence-electron chi connectivity index (χ2n) is 7.66. The number of aryl methyl sites for hydroxylation is 1. The van der Waals surface area contributed by atoms with Crippen molar-refractivity contribution in [3.63, 3.8) is 0 Å².